The Morgan fingerprint density at radius 2 is 1.79 bits per heavy atom. The van der Waals surface area contributed by atoms with Crippen LogP contribution in [0, 0.1) is 13.8 Å². The number of urea groups is 1. The number of halogens is 1. The molecule has 4 rings (SSSR count). The van der Waals surface area contributed by atoms with Gasteiger partial charge in [-0.1, -0.05) is 24.6 Å². The molecule has 2 aromatic rings. The van der Waals surface area contributed by atoms with E-state index in [-0.39, 0.29) is 17.0 Å². The summed E-state index contributed by atoms with van der Waals surface area (Å²) in [5, 5.41) is 2.72. The number of hydrogen-bond donors (Lipinski definition) is 1. The van der Waals surface area contributed by atoms with Crippen LogP contribution in [-0.2, 0) is 9.59 Å². The normalized spacial score (nSPS) is 21.4. The van der Waals surface area contributed by atoms with E-state index in [0.717, 1.165) is 33.7 Å². The second-order valence-electron chi connectivity index (χ2n) is 9.64. The van der Waals surface area contributed by atoms with E-state index in [1.807, 2.05) is 39.1 Å². The van der Waals surface area contributed by atoms with Crippen molar-refractivity contribution in [1.82, 2.24) is 5.32 Å². The number of barbiturate groups is 1. The fraction of sp³-hybridized carbons (Fsp3) is 0.346. The number of carbonyl (C=O) groups excluding carboxylic acids is 3. The van der Waals surface area contributed by atoms with E-state index in [1.165, 1.54) is 6.08 Å². The predicted octanol–water partition coefficient (Wildman–Crippen LogP) is 5.35. The van der Waals surface area contributed by atoms with E-state index >= 15 is 0 Å². The zero-order valence-corrected chi connectivity index (χ0v) is 20.5. The van der Waals surface area contributed by atoms with Crippen molar-refractivity contribution in [2.75, 3.05) is 16.8 Å². The molecule has 33 heavy (non-hydrogen) atoms. The highest BCUT2D eigenvalue weighted by Crippen LogP contribution is 2.44. The maximum Gasteiger partial charge on any atom is 0.335 e. The number of amides is 4. The van der Waals surface area contributed by atoms with Gasteiger partial charge in [-0.15, -0.1) is 0 Å². The molecule has 0 bridgehead atoms. The minimum absolute atomic E-state index is 0.0119. The highest BCUT2D eigenvalue weighted by molar-refractivity contribution is 6.40. The van der Waals surface area contributed by atoms with E-state index in [2.05, 4.69) is 31.0 Å². The van der Waals surface area contributed by atoms with E-state index in [1.54, 1.807) is 12.1 Å². The van der Waals surface area contributed by atoms with Crippen LogP contribution in [-0.4, -0.2) is 30.4 Å². The average Bonchev–Trinajstić information content (AvgIpc) is 2.72. The van der Waals surface area contributed by atoms with Gasteiger partial charge in [0.2, 0.25) is 0 Å². The number of aryl methyl sites for hydroxylation is 2. The van der Waals surface area contributed by atoms with E-state index in [0.29, 0.717) is 16.3 Å². The molecule has 2 aromatic carbocycles. The highest BCUT2D eigenvalue weighted by atomic mass is 35.5. The summed E-state index contributed by atoms with van der Waals surface area (Å²) in [6.45, 7) is 10.4. The first-order chi connectivity index (χ1) is 15.4. The second-order valence-corrected chi connectivity index (χ2v) is 10.0. The minimum Gasteiger partial charge on any atom is -0.369 e. The standard InChI is InChI=1S/C26H28ClN3O3/c1-14-7-8-18(9-15(14)2)30-24(32)20(23(31)28-25(30)33)11-17-10-19-16(3)13-26(4,5)29(6)22(19)12-21(17)27/h7-12,16H,13H2,1-6H3,(H,28,31,33)/b20-11+/t16-/m1/s1. The van der Waals surface area contributed by atoms with Gasteiger partial charge in [-0.25, -0.2) is 9.69 Å². The smallest absolute Gasteiger partial charge is 0.335 e. The monoisotopic (exact) mass is 465 g/mol. The maximum atomic E-state index is 13.3. The maximum absolute atomic E-state index is 13.3. The lowest BCUT2D eigenvalue weighted by atomic mass is 9.80. The Kier molecular flexibility index (Phi) is 5.61. The molecule has 1 fully saturated rings. The number of anilines is 2. The zero-order valence-electron chi connectivity index (χ0n) is 19.7. The van der Waals surface area contributed by atoms with Crippen molar-refractivity contribution in [3.05, 3.63) is 63.2 Å². The second kappa shape index (κ2) is 8.03. The van der Waals surface area contributed by atoms with Gasteiger partial charge in [0.25, 0.3) is 11.8 Å². The van der Waals surface area contributed by atoms with Crippen molar-refractivity contribution in [1.29, 1.82) is 0 Å². The molecule has 0 aromatic heterocycles. The van der Waals surface area contributed by atoms with Crippen LogP contribution in [0.4, 0.5) is 16.2 Å². The summed E-state index contributed by atoms with van der Waals surface area (Å²) >= 11 is 6.61. The molecule has 1 saturated heterocycles. The number of fused-ring (bicyclic) bond motifs is 1. The van der Waals surface area contributed by atoms with Crippen LogP contribution < -0.4 is 15.1 Å². The van der Waals surface area contributed by atoms with Gasteiger partial charge in [0.15, 0.2) is 0 Å². The minimum atomic E-state index is -0.764. The molecule has 2 heterocycles. The predicted molar refractivity (Wildman–Crippen MR) is 132 cm³/mol. The molecule has 1 N–H and O–H groups in total. The summed E-state index contributed by atoms with van der Waals surface area (Å²) in [4.78, 5) is 41.6. The first-order valence-corrected chi connectivity index (χ1v) is 11.3. The van der Waals surface area contributed by atoms with Gasteiger partial charge in [-0.3, -0.25) is 14.9 Å². The van der Waals surface area contributed by atoms with Gasteiger partial charge in [-0.2, -0.15) is 0 Å². The van der Waals surface area contributed by atoms with E-state index in [9.17, 15) is 14.4 Å². The summed E-state index contributed by atoms with van der Waals surface area (Å²) in [6, 6.07) is 8.35. The molecule has 1 atom stereocenters. The van der Waals surface area contributed by atoms with E-state index in [4.69, 9.17) is 11.6 Å². The fourth-order valence-electron chi connectivity index (χ4n) is 4.63. The third-order valence-corrected chi connectivity index (χ3v) is 7.23. The number of nitrogens with zero attached hydrogens (tertiary/aromatic N) is 2. The van der Waals surface area contributed by atoms with Gasteiger partial charge >= 0.3 is 6.03 Å². The van der Waals surface area contributed by atoms with Crippen LogP contribution in [0.5, 0.6) is 0 Å². The Balaban J connectivity index is 1.77. The van der Waals surface area contributed by atoms with Crippen LogP contribution in [0.3, 0.4) is 0 Å². The molecule has 7 heteroatoms. The lowest BCUT2D eigenvalue weighted by molar-refractivity contribution is -0.122. The van der Waals surface area contributed by atoms with Gasteiger partial charge < -0.3 is 4.90 Å². The quantitative estimate of drug-likeness (QED) is 0.479. The van der Waals surface area contributed by atoms with Gasteiger partial charge in [0, 0.05) is 23.3 Å². The molecule has 0 radical (unpaired) electrons. The average molecular weight is 466 g/mol. The third-order valence-electron chi connectivity index (χ3n) is 6.90. The number of rotatable bonds is 2. The van der Waals surface area contributed by atoms with Crippen LogP contribution in [0.2, 0.25) is 5.02 Å². The number of carbonyl (C=O) groups is 3. The van der Waals surface area contributed by atoms with Crippen molar-refractivity contribution in [2.24, 2.45) is 0 Å². The Hall–Kier alpha value is -3.12. The summed E-state index contributed by atoms with van der Waals surface area (Å²) < 4.78 is 0. The molecule has 0 saturated carbocycles. The fourth-order valence-corrected chi connectivity index (χ4v) is 4.84. The lowest BCUT2D eigenvalue weighted by Crippen LogP contribution is -2.54. The van der Waals surface area contributed by atoms with Crippen LogP contribution in [0.1, 0.15) is 55.4 Å². The first kappa shape index (κ1) is 23.1. The molecule has 0 aliphatic carbocycles. The van der Waals surface area contributed by atoms with Crippen LogP contribution >= 0.6 is 11.6 Å². The third kappa shape index (κ3) is 3.93. The Morgan fingerprint density at radius 1 is 1.09 bits per heavy atom. The summed E-state index contributed by atoms with van der Waals surface area (Å²) in [6.07, 6.45) is 2.44. The number of nitrogens with one attached hydrogen (secondary N) is 1. The molecular weight excluding hydrogens is 438 g/mol. The van der Waals surface area contributed by atoms with Crippen molar-refractivity contribution in [2.45, 2.75) is 52.5 Å². The summed E-state index contributed by atoms with van der Waals surface area (Å²) in [5.41, 5.74) is 4.97. The Labute approximate surface area is 199 Å². The molecule has 4 amide bonds. The van der Waals surface area contributed by atoms with E-state index < -0.39 is 17.8 Å². The SMILES string of the molecule is Cc1ccc(N2C(=O)NC(=O)/C(=C\c3cc4c(cc3Cl)N(C)C(C)(C)C[C@H]4C)C2=O)cc1C. The number of benzene rings is 2. The largest absolute Gasteiger partial charge is 0.369 e. The summed E-state index contributed by atoms with van der Waals surface area (Å²) in [5.74, 6) is -1.12. The molecule has 0 spiro atoms. The number of hydrogen-bond acceptors (Lipinski definition) is 4. The first-order valence-electron chi connectivity index (χ1n) is 11.0. The number of imide groups is 2. The highest BCUT2D eigenvalue weighted by Gasteiger charge is 2.38. The molecule has 0 unspecified atom stereocenters. The lowest BCUT2D eigenvalue weighted by Gasteiger charge is -2.45. The van der Waals surface area contributed by atoms with Crippen molar-refractivity contribution in [3.8, 4) is 0 Å². The van der Waals surface area contributed by atoms with Gasteiger partial charge in [0.1, 0.15) is 5.57 Å². The molecular formula is C26H28ClN3O3. The van der Waals surface area contributed by atoms with Crippen molar-refractivity contribution in [3.63, 3.8) is 0 Å². The topological polar surface area (TPSA) is 69.7 Å². The molecule has 172 valence electrons. The Bertz CT molecular complexity index is 1230. The summed E-state index contributed by atoms with van der Waals surface area (Å²) in [7, 11) is 2.05. The molecule has 2 aliphatic rings. The molecule has 6 nitrogen and oxygen atoms in total. The van der Waals surface area contributed by atoms with Crippen LogP contribution in [0.25, 0.3) is 6.08 Å². The van der Waals surface area contributed by atoms with Gasteiger partial charge in [0.05, 0.1) is 5.69 Å². The zero-order chi connectivity index (χ0) is 24.2. The van der Waals surface area contributed by atoms with Crippen molar-refractivity contribution >= 4 is 46.9 Å². The van der Waals surface area contributed by atoms with Crippen LogP contribution in [0.15, 0.2) is 35.9 Å². The van der Waals surface area contributed by atoms with Gasteiger partial charge in [-0.05, 0) is 92.6 Å². The Morgan fingerprint density at radius 3 is 2.45 bits per heavy atom. The molecule has 2 aliphatic heterocycles. The van der Waals surface area contributed by atoms with Crippen molar-refractivity contribution < 1.29 is 14.4 Å².